The number of hydrogen-bond acceptors (Lipinski definition) is 0. The lowest BCUT2D eigenvalue weighted by Crippen LogP contribution is -2.33. The Balaban J connectivity index is 2.45. The van der Waals surface area contributed by atoms with Gasteiger partial charge in [0.2, 0.25) is 0 Å². The van der Waals surface area contributed by atoms with Gasteiger partial charge in [0.05, 0.1) is 0 Å². The SMILES string of the molecule is Cc1cc(C)cc(CC(CCl)(CCl)c2ccccc2Br)c1. The molecule has 0 nitrogen and oxygen atoms in total. The summed E-state index contributed by atoms with van der Waals surface area (Å²) in [4.78, 5) is 0. The third kappa shape index (κ3) is 3.83. The number of benzene rings is 2. The van der Waals surface area contributed by atoms with Gasteiger partial charge in [-0.2, -0.15) is 0 Å². The van der Waals surface area contributed by atoms with Crippen molar-refractivity contribution < 1.29 is 0 Å². The fourth-order valence-electron chi connectivity index (χ4n) is 2.82. The minimum atomic E-state index is -0.260. The number of rotatable bonds is 5. The van der Waals surface area contributed by atoms with Crippen molar-refractivity contribution in [1.29, 1.82) is 0 Å². The Morgan fingerprint density at radius 3 is 2.05 bits per heavy atom. The first kappa shape index (κ1) is 16.9. The fraction of sp³-hybridized carbons (Fsp3) is 0.333. The lowest BCUT2D eigenvalue weighted by Gasteiger charge is -2.31. The van der Waals surface area contributed by atoms with Gasteiger partial charge >= 0.3 is 0 Å². The zero-order chi connectivity index (χ0) is 15.5. The molecule has 21 heavy (non-hydrogen) atoms. The Kier molecular flexibility index (Phi) is 5.76. The Morgan fingerprint density at radius 1 is 0.952 bits per heavy atom. The summed E-state index contributed by atoms with van der Waals surface area (Å²) in [5.41, 5.74) is 4.74. The van der Waals surface area contributed by atoms with E-state index in [2.05, 4.69) is 54.0 Å². The smallest absolute Gasteiger partial charge is 0.0335 e. The third-order valence-corrected chi connectivity index (χ3v) is 5.50. The van der Waals surface area contributed by atoms with Gasteiger partial charge in [0.25, 0.3) is 0 Å². The van der Waals surface area contributed by atoms with E-state index >= 15 is 0 Å². The van der Waals surface area contributed by atoms with Crippen LogP contribution in [-0.4, -0.2) is 11.8 Å². The molecule has 0 atom stereocenters. The van der Waals surface area contributed by atoms with Crippen molar-refractivity contribution in [2.45, 2.75) is 25.7 Å². The van der Waals surface area contributed by atoms with Gasteiger partial charge in [0, 0.05) is 21.6 Å². The highest BCUT2D eigenvalue weighted by Gasteiger charge is 2.32. The van der Waals surface area contributed by atoms with Gasteiger partial charge in [-0.15, -0.1) is 23.2 Å². The molecule has 2 rings (SSSR count). The highest BCUT2D eigenvalue weighted by atomic mass is 79.9. The quantitative estimate of drug-likeness (QED) is 0.551. The van der Waals surface area contributed by atoms with Crippen molar-refractivity contribution >= 4 is 39.1 Å². The molecule has 0 radical (unpaired) electrons. The van der Waals surface area contributed by atoms with Gasteiger partial charge < -0.3 is 0 Å². The standard InChI is InChI=1S/C18H19BrCl2/c1-13-7-14(2)9-15(8-13)10-18(11-20,12-21)16-5-3-4-6-17(16)19/h3-9H,10-12H2,1-2H3. The van der Waals surface area contributed by atoms with Gasteiger partial charge in [-0.05, 0) is 37.5 Å². The molecule has 0 aromatic heterocycles. The summed E-state index contributed by atoms with van der Waals surface area (Å²) in [7, 11) is 0. The number of halogens is 3. The first-order valence-electron chi connectivity index (χ1n) is 6.95. The molecule has 112 valence electrons. The van der Waals surface area contributed by atoms with E-state index in [0.29, 0.717) is 11.8 Å². The van der Waals surface area contributed by atoms with Gasteiger partial charge in [-0.3, -0.25) is 0 Å². The maximum absolute atomic E-state index is 6.36. The molecule has 2 aromatic rings. The number of alkyl halides is 2. The van der Waals surface area contributed by atoms with Crippen LogP contribution in [0.1, 0.15) is 22.3 Å². The van der Waals surface area contributed by atoms with Crippen LogP contribution < -0.4 is 0 Å². The van der Waals surface area contributed by atoms with Crippen molar-refractivity contribution in [3.8, 4) is 0 Å². The van der Waals surface area contributed by atoms with Gasteiger partial charge in [0.15, 0.2) is 0 Å². The van der Waals surface area contributed by atoms with E-state index in [9.17, 15) is 0 Å². The molecule has 0 amide bonds. The second-order valence-corrected chi connectivity index (χ2v) is 7.09. The van der Waals surface area contributed by atoms with Crippen LogP contribution in [0, 0.1) is 13.8 Å². The molecule has 0 saturated carbocycles. The van der Waals surface area contributed by atoms with Crippen molar-refractivity contribution in [2.75, 3.05) is 11.8 Å². The first-order chi connectivity index (χ1) is 10.0. The first-order valence-corrected chi connectivity index (χ1v) is 8.81. The zero-order valence-corrected chi connectivity index (χ0v) is 15.4. The Hall–Kier alpha value is -0.500. The molecular formula is C18H19BrCl2. The summed E-state index contributed by atoms with van der Waals surface area (Å²) >= 11 is 16.3. The Morgan fingerprint density at radius 2 is 1.52 bits per heavy atom. The molecule has 0 bridgehead atoms. The second kappa shape index (κ2) is 7.17. The molecular weight excluding hydrogens is 367 g/mol. The zero-order valence-electron chi connectivity index (χ0n) is 12.3. The maximum Gasteiger partial charge on any atom is 0.0335 e. The van der Waals surface area contributed by atoms with Crippen LogP contribution >= 0.6 is 39.1 Å². The Labute approximate surface area is 145 Å². The van der Waals surface area contributed by atoms with Crippen LogP contribution in [0.3, 0.4) is 0 Å². The average Bonchev–Trinajstić information content (AvgIpc) is 2.44. The van der Waals surface area contributed by atoms with Gasteiger partial charge in [-0.25, -0.2) is 0 Å². The molecule has 0 unspecified atom stereocenters. The molecule has 0 aliphatic heterocycles. The van der Waals surface area contributed by atoms with Gasteiger partial charge in [-0.1, -0.05) is 63.5 Å². The summed E-state index contributed by atoms with van der Waals surface area (Å²) in [6.07, 6.45) is 0.838. The van der Waals surface area contributed by atoms with Crippen LogP contribution in [0.25, 0.3) is 0 Å². The lowest BCUT2D eigenvalue weighted by atomic mass is 9.78. The molecule has 0 heterocycles. The fourth-order valence-corrected chi connectivity index (χ4v) is 4.29. The molecule has 2 aromatic carbocycles. The highest BCUT2D eigenvalue weighted by Crippen LogP contribution is 2.36. The molecule has 3 heteroatoms. The van der Waals surface area contributed by atoms with E-state index in [1.807, 2.05) is 18.2 Å². The normalized spacial score (nSPS) is 11.7. The number of hydrogen-bond donors (Lipinski definition) is 0. The van der Waals surface area contributed by atoms with Crippen LogP contribution in [-0.2, 0) is 11.8 Å². The van der Waals surface area contributed by atoms with Gasteiger partial charge in [0.1, 0.15) is 0 Å². The summed E-state index contributed by atoms with van der Waals surface area (Å²) in [6, 6.07) is 14.8. The van der Waals surface area contributed by atoms with Crippen molar-refractivity contribution in [1.82, 2.24) is 0 Å². The van der Waals surface area contributed by atoms with E-state index < -0.39 is 0 Å². The minimum Gasteiger partial charge on any atom is -0.126 e. The largest absolute Gasteiger partial charge is 0.126 e. The second-order valence-electron chi connectivity index (χ2n) is 5.70. The van der Waals surface area contributed by atoms with E-state index in [1.165, 1.54) is 22.3 Å². The van der Waals surface area contributed by atoms with E-state index in [1.54, 1.807) is 0 Å². The van der Waals surface area contributed by atoms with Crippen molar-refractivity contribution in [3.05, 3.63) is 69.2 Å². The Bertz CT molecular complexity index is 598. The van der Waals surface area contributed by atoms with Crippen LogP contribution in [0.15, 0.2) is 46.9 Å². The van der Waals surface area contributed by atoms with Crippen LogP contribution in [0.2, 0.25) is 0 Å². The van der Waals surface area contributed by atoms with E-state index in [-0.39, 0.29) is 5.41 Å². The average molecular weight is 386 g/mol. The monoisotopic (exact) mass is 384 g/mol. The predicted octanol–water partition coefficient (Wildman–Crippen LogP) is 6.02. The lowest BCUT2D eigenvalue weighted by molar-refractivity contribution is 0.533. The third-order valence-electron chi connectivity index (χ3n) is 3.78. The van der Waals surface area contributed by atoms with Crippen LogP contribution in [0.5, 0.6) is 0 Å². The molecule has 0 spiro atoms. The molecule has 0 aliphatic rings. The van der Waals surface area contributed by atoms with Crippen LogP contribution in [0.4, 0.5) is 0 Å². The molecule has 0 fully saturated rings. The molecule has 0 saturated heterocycles. The summed E-state index contributed by atoms with van der Waals surface area (Å²) in [6.45, 7) is 4.25. The molecule has 0 N–H and O–H groups in total. The topological polar surface area (TPSA) is 0 Å². The highest BCUT2D eigenvalue weighted by molar-refractivity contribution is 9.10. The molecule has 0 aliphatic carbocycles. The number of aryl methyl sites for hydroxylation is 2. The van der Waals surface area contributed by atoms with Crippen molar-refractivity contribution in [2.24, 2.45) is 0 Å². The van der Waals surface area contributed by atoms with E-state index in [0.717, 1.165) is 10.9 Å². The predicted molar refractivity (Wildman–Crippen MR) is 96.9 cm³/mol. The summed E-state index contributed by atoms with van der Waals surface area (Å²) in [5, 5.41) is 0. The summed E-state index contributed by atoms with van der Waals surface area (Å²) in [5.74, 6) is 0.984. The minimum absolute atomic E-state index is 0.260. The van der Waals surface area contributed by atoms with Crippen molar-refractivity contribution in [3.63, 3.8) is 0 Å². The summed E-state index contributed by atoms with van der Waals surface area (Å²) < 4.78 is 1.07. The van der Waals surface area contributed by atoms with E-state index in [4.69, 9.17) is 23.2 Å². The maximum atomic E-state index is 6.36.